The molecule has 0 unspecified atom stereocenters. The number of nitrogens with one attached hydrogen (secondary N) is 1. The van der Waals surface area contributed by atoms with E-state index >= 15 is 0 Å². The molecule has 1 heterocycles. The molecule has 1 aliphatic heterocycles. The molecule has 0 atom stereocenters. The number of piperazine rings is 1. The van der Waals surface area contributed by atoms with Crippen LogP contribution in [0.3, 0.4) is 0 Å². The van der Waals surface area contributed by atoms with Crippen LogP contribution in [0, 0.1) is 0 Å². The van der Waals surface area contributed by atoms with Crippen LogP contribution in [0.1, 0.15) is 27.2 Å². The molecular weight excluding hydrogens is 230 g/mol. The minimum atomic E-state index is 0.0619. The first-order valence-electron chi connectivity index (χ1n) is 6.99. The Morgan fingerprint density at radius 3 is 2.44 bits per heavy atom. The number of amides is 2. The maximum Gasteiger partial charge on any atom is 0.317 e. The fourth-order valence-corrected chi connectivity index (χ4v) is 1.95. The zero-order valence-electron chi connectivity index (χ0n) is 11.9. The van der Waals surface area contributed by atoms with Gasteiger partial charge in [-0.3, -0.25) is 4.90 Å². The van der Waals surface area contributed by atoms with Crippen LogP contribution in [0.25, 0.3) is 0 Å². The van der Waals surface area contributed by atoms with Gasteiger partial charge < -0.3 is 15.0 Å². The highest BCUT2D eigenvalue weighted by atomic mass is 16.5. The van der Waals surface area contributed by atoms with E-state index in [2.05, 4.69) is 17.1 Å². The summed E-state index contributed by atoms with van der Waals surface area (Å²) in [5, 5.41) is 2.93. The Balaban J connectivity index is 2.14. The van der Waals surface area contributed by atoms with Crippen molar-refractivity contribution in [1.29, 1.82) is 0 Å². The van der Waals surface area contributed by atoms with Crippen LogP contribution in [0.5, 0.6) is 0 Å². The summed E-state index contributed by atoms with van der Waals surface area (Å²) in [5.41, 5.74) is 0. The molecule has 1 saturated heterocycles. The second-order valence-electron chi connectivity index (χ2n) is 5.05. The second kappa shape index (κ2) is 8.32. The summed E-state index contributed by atoms with van der Waals surface area (Å²) < 4.78 is 5.48. The van der Waals surface area contributed by atoms with Crippen molar-refractivity contribution in [2.24, 2.45) is 0 Å². The van der Waals surface area contributed by atoms with Crippen molar-refractivity contribution in [2.75, 3.05) is 45.9 Å². The van der Waals surface area contributed by atoms with E-state index in [0.29, 0.717) is 0 Å². The van der Waals surface area contributed by atoms with Gasteiger partial charge in [-0.1, -0.05) is 6.92 Å². The summed E-state index contributed by atoms with van der Waals surface area (Å²) in [5.74, 6) is 0. The molecule has 0 aromatic carbocycles. The van der Waals surface area contributed by atoms with Crippen LogP contribution in [0.2, 0.25) is 0 Å². The van der Waals surface area contributed by atoms with Gasteiger partial charge in [0.1, 0.15) is 0 Å². The molecule has 106 valence electrons. The van der Waals surface area contributed by atoms with Crippen molar-refractivity contribution in [3.8, 4) is 0 Å². The molecule has 5 nitrogen and oxygen atoms in total. The number of rotatable bonds is 6. The van der Waals surface area contributed by atoms with Crippen LogP contribution in [-0.4, -0.2) is 67.8 Å². The zero-order valence-corrected chi connectivity index (χ0v) is 11.9. The predicted molar refractivity (Wildman–Crippen MR) is 72.8 cm³/mol. The Hall–Kier alpha value is -0.810. The van der Waals surface area contributed by atoms with Gasteiger partial charge in [-0.2, -0.15) is 0 Å². The molecule has 1 N–H and O–H groups in total. The fraction of sp³-hybridized carbons (Fsp3) is 0.923. The average Bonchev–Trinajstić information content (AvgIpc) is 2.34. The van der Waals surface area contributed by atoms with Crippen LogP contribution in [0.15, 0.2) is 0 Å². The lowest BCUT2D eigenvalue weighted by Gasteiger charge is -2.35. The molecule has 5 heteroatoms. The van der Waals surface area contributed by atoms with Gasteiger partial charge in [0.25, 0.3) is 0 Å². The van der Waals surface area contributed by atoms with Crippen LogP contribution in [0.4, 0.5) is 4.79 Å². The zero-order chi connectivity index (χ0) is 13.4. The highest BCUT2D eigenvalue weighted by molar-refractivity contribution is 5.74. The average molecular weight is 257 g/mol. The van der Waals surface area contributed by atoms with Gasteiger partial charge in [-0.05, 0) is 20.3 Å². The predicted octanol–water partition coefficient (Wildman–Crippen LogP) is 1.15. The molecule has 0 bridgehead atoms. The smallest absolute Gasteiger partial charge is 0.317 e. The summed E-state index contributed by atoms with van der Waals surface area (Å²) in [6.45, 7) is 12.2. The summed E-state index contributed by atoms with van der Waals surface area (Å²) in [6.07, 6.45) is 1.07. The number of nitrogens with zero attached hydrogens (tertiary/aromatic N) is 2. The molecule has 1 aliphatic rings. The summed E-state index contributed by atoms with van der Waals surface area (Å²) in [7, 11) is 0. The molecule has 1 fully saturated rings. The molecular formula is C13H27N3O2. The van der Waals surface area contributed by atoms with E-state index in [9.17, 15) is 4.79 Å². The minimum Gasteiger partial charge on any atom is -0.380 e. The fourth-order valence-electron chi connectivity index (χ4n) is 1.95. The lowest BCUT2D eigenvalue weighted by Crippen LogP contribution is -2.53. The van der Waals surface area contributed by atoms with E-state index in [1.807, 2.05) is 18.7 Å². The maximum absolute atomic E-state index is 11.8. The van der Waals surface area contributed by atoms with Crippen LogP contribution < -0.4 is 5.32 Å². The number of hydrogen-bond donors (Lipinski definition) is 1. The van der Waals surface area contributed by atoms with E-state index < -0.39 is 0 Å². The van der Waals surface area contributed by atoms with Crippen LogP contribution in [-0.2, 0) is 4.74 Å². The Labute approximate surface area is 110 Å². The molecule has 1 rings (SSSR count). The highest BCUT2D eigenvalue weighted by Crippen LogP contribution is 2.02. The highest BCUT2D eigenvalue weighted by Gasteiger charge is 2.20. The topological polar surface area (TPSA) is 44.8 Å². The van der Waals surface area contributed by atoms with Gasteiger partial charge in [0.2, 0.25) is 0 Å². The van der Waals surface area contributed by atoms with Gasteiger partial charge in [0, 0.05) is 45.4 Å². The van der Waals surface area contributed by atoms with Gasteiger partial charge in [0.15, 0.2) is 0 Å². The second-order valence-corrected chi connectivity index (χ2v) is 5.05. The quantitative estimate of drug-likeness (QED) is 0.726. The molecule has 18 heavy (non-hydrogen) atoms. The van der Waals surface area contributed by atoms with E-state index in [1.54, 1.807) is 0 Å². The third-order valence-corrected chi connectivity index (χ3v) is 2.97. The maximum atomic E-state index is 11.8. The third kappa shape index (κ3) is 5.69. The van der Waals surface area contributed by atoms with Gasteiger partial charge in [-0.25, -0.2) is 4.79 Å². The summed E-state index contributed by atoms with van der Waals surface area (Å²) >= 11 is 0. The number of hydrogen-bond acceptors (Lipinski definition) is 3. The lowest BCUT2D eigenvalue weighted by molar-refractivity contribution is 0.0822. The number of carbonyl (C=O) groups excluding carboxylic acids is 1. The van der Waals surface area contributed by atoms with E-state index in [4.69, 9.17) is 4.74 Å². The Morgan fingerprint density at radius 1 is 1.22 bits per heavy atom. The Bertz CT molecular complexity index is 238. The Kier molecular flexibility index (Phi) is 7.05. The molecule has 0 saturated carbocycles. The van der Waals surface area contributed by atoms with E-state index in [-0.39, 0.29) is 12.1 Å². The van der Waals surface area contributed by atoms with E-state index in [0.717, 1.165) is 52.4 Å². The number of urea groups is 1. The third-order valence-electron chi connectivity index (χ3n) is 2.97. The molecule has 0 aromatic rings. The standard InChI is InChI=1S/C13H27N3O2/c1-4-10-18-11-9-15-5-7-16(8-6-15)13(17)14-12(2)3/h12H,4-11H2,1-3H3,(H,14,17). The van der Waals surface area contributed by atoms with Crippen molar-refractivity contribution in [1.82, 2.24) is 15.1 Å². The lowest BCUT2D eigenvalue weighted by atomic mass is 10.3. The summed E-state index contributed by atoms with van der Waals surface area (Å²) in [4.78, 5) is 16.0. The van der Waals surface area contributed by atoms with Crippen molar-refractivity contribution in [3.05, 3.63) is 0 Å². The SMILES string of the molecule is CCCOCCN1CCN(C(=O)NC(C)C)CC1. The minimum absolute atomic E-state index is 0.0619. The molecule has 0 spiro atoms. The first kappa shape index (κ1) is 15.2. The molecule has 2 amide bonds. The van der Waals surface area contributed by atoms with Gasteiger partial charge in [0.05, 0.1) is 6.61 Å². The van der Waals surface area contributed by atoms with Crippen molar-refractivity contribution in [2.45, 2.75) is 33.2 Å². The normalized spacial score (nSPS) is 17.2. The van der Waals surface area contributed by atoms with Gasteiger partial charge in [-0.15, -0.1) is 0 Å². The monoisotopic (exact) mass is 257 g/mol. The van der Waals surface area contributed by atoms with Crippen molar-refractivity contribution >= 4 is 6.03 Å². The molecule has 0 radical (unpaired) electrons. The largest absolute Gasteiger partial charge is 0.380 e. The summed E-state index contributed by atoms with van der Waals surface area (Å²) in [6, 6.07) is 0.268. The van der Waals surface area contributed by atoms with Crippen molar-refractivity contribution < 1.29 is 9.53 Å². The first-order valence-corrected chi connectivity index (χ1v) is 6.99. The van der Waals surface area contributed by atoms with E-state index in [1.165, 1.54) is 0 Å². The number of ether oxygens (including phenoxy) is 1. The number of carbonyl (C=O) groups is 1. The van der Waals surface area contributed by atoms with Crippen molar-refractivity contribution in [3.63, 3.8) is 0 Å². The first-order chi connectivity index (χ1) is 8.63. The Morgan fingerprint density at radius 2 is 1.89 bits per heavy atom. The van der Waals surface area contributed by atoms with Gasteiger partial charge >= 0.3 is 6.03 Å². The molecule has 0 aliphatic carbocycles. The molecule has 0 aromatic heterocycles. The van der Waals surface area contributed by atoms with Crippen LogP contribution >= 0.6 is 0 Å².